The van der Waals surface area contributed by atoms with Crippen LogP contribution in [0.3, 0.4) is 0 Å². The second-order valence-corrected chi connectivity index (χ2v) is 6.21. The van der Waals surface area contributed by atoms with Crippen LogP contribution in [0.2, 0.25) is 0 Å². The summed E-state index contributed by atoms with van der Waals surface area (Å²) in [6.07, 6.45) is 2.17. The molecule has 2 aliphatic rings. The highest BCUT2D eigenvalue weighted by atomic mass is 16.2. The van der Waals surface area contributed by atoms with Crippen molar-refractivity contribution in [2.75, 3.05) is 32.7 Å². The van der Waals surface area contributed by atoms with Crippen LogP contribution in [0.15, 0.2) is 35.9 Å². The predicted molar refractivity (Wildman–Crippen MR) is 89.8 cm³/mol. The highest BCUT2D eigenvalue weighted by Crippen LogP contribution is 2.22. The molecule has 3 amide bonds. The van der Waals surface area contributed by atoms with Gasteiger partial charge in [-0.05, 0) is 19.4 Å². The third-order valence-electron chi connectivity index (χ3n) is 4.49. The molecule has 1 atom stereocenters. The molecule has 0 aromatic heterocycles. The highest BCUT2D eigenvalue weighted by molar-refractivity contribution is 6.04. The number of carbonyl (C=O) groups excluding carboxylic acids is 2. The van der Waals surface area contributed by atoms with Gasteiger partial charge in [0.1, 0.15) is 6.04 Å². The molecular formula is C18H23N3O2. The predicted octanol–water partition coefficient (Wildman–Crippen LogP) is 2.06. The molecule has 23 heavy (non-hydrogen) atoms. The number of amides is 3. The van der Waals surface area contributed by atoms with Crippen LogP contribution in [0.25, 0.3) is 6.08 Å². The van der Waals surface area contributed by atoms with Crippen molar-refractivity contribution in [1.82, 2.24) is 14.7 Å². The molecule has 5 heteroatoms. The number of urea groups is 1. The van der Waals surface area contributed by atoms with Gasteiger partial charge in [0.05, 0.1) is 0 Å². The van der Waals surface area contributed by atoms with Gasteiger partial charge in [0.15, 0.2) is 0 Å². The van der Waals surface area contributed by atoms with Crippen molar-refractivity contribution in [3.63, 3.8) is 0 Å². The van der Waals surface area contributed by atoms with Crippen molar-refractivity contribution in [2.24, 2.45) is 0 Å². The second-order valence-electron chi connectivity index (χ2n) is 6.21. The normalized spacial score (nSPS) is 22.7. The maximum absolute atomic E-state index is 12.3. The van der Waals surface area contributed by atoms with Crippen LogP contribution in [0.5, 0.6) is 0 Å². The minimum absolute atomic E-state index is 0.0492. The summed E-state index contributed by atoms with van der Waals surface area (Å²) < 4.78 is 0. The fourth-order valence-corrected chi connectivity index (χ4v) is 3.38. The van der Waals surface area contributed by atoms with Crippen LogP contribution < -0.4 is 0 Å². The van der Waals surface area contributed by atoms with Gasteiger partial charge in [0, 0.05) is 32.7 Å². The van der Waals surface area contributed by atoms with Crippen molar-refractivity contribution < 1.29 is 9.59 Å². The molecule has 122 valence electrons. The Kier molecular flexibility index (Phi) is 4.48. The fourth-order valence-electron chi connectivity index (χ4n) is 3.38. The van der Waals surface area contributed by atoms with Crippen LogP contribution >= 0.6 is 0 Å². The van der Waals surface area contributed by atoms with E-state index in [1.165, 1.54) is 16.0 Å². The Balaban J connectivity index is 1.65. The van der Waals surface area contributed by atoms with E-state index in [0.29, 0.717) is 19.6 Å². The van der Waals surface area contributed by atoms with Gasteiger partial charge in [-0.25, -0.2) is 4.79 Å². The smallest absolute Gasteiger partial charge is 0.310 e. The highest BCUT2D eigenvalue weighted by Gasteiger charge is 2.46. The first kappa shape index (κ1) is 15.7. The first-order valence-corrected chi connectivity index (χ1v) is 8.16. The number of hydrogen-bond acceptors (Lipinski definition) is 3. The van der Waals surface area contributed by atoms with E-state index in [-0.39, 0.29) is 18.0 Å². The van der Waals surface area contributed by atoms with Gasteiger partial charge in [-0.15, -0.1) is 0 Å². The molecule has 0 saturated carbocycles. The quantitative estimate of drug-likeness (QED) is 0.799. The lowest BCUT2D eigenvalue weighted by atomic mass is 10.1. The third kappa shape index (κ3) is 3.15. The zero-order valence-corrected chi connectivity index (χ0v) is 13.7. The Morgan fingerprint density at radius 3 is 2.65 bits per heavy atom. The average molecular weight is 313 g/mol. The number of carbonyl (C=O) groups is 2. The van der Waals surface area contributed by atoms with Gasteiger partial charge < -0.3 is 4.90 Å². The van der Waals surface area contributed by atoms with Crippen molar-refractivity contribution >= 4 is 18.0 Å². The van der Waals surface area contributed by atoms with Gasteiger partial charge in [-0.2, -0.15) is 0 Å². The molecule has 2 saturated heterocycles. The standard InChI is InChI=1S/C18H23N3O2/c1-3-20-17(22)16-13-19(9-10-21(16)18(20)23)12-14(2)11-15-7-5-4-6-8-15/h4-8,11,16H,3,9-10,12-13H2,1-2H3/b14-11+. The Labute approximate surface area is 137 Å². The van der Waals surface area contributed by atoms with E-state index in [9.17, 15) is 9.59 Å². The minimum Gasteiger partial charge on any atom is -0.310 e. The van der Waals surface area contributed by atoms with Crippen LogP contribution in [-0.2, 0) is 4.79 Å². The zero-order valence-electron chi connectivity index (χ0n) is 13.7. The van der Waals surface area contributed by atoms with Gasteiger partial charge in [0.25, 0.3) is 5.91 Å². The summed E-state index contributed by atoms with van der Waals surface area (Å²) in [5.74, 6) is -0.0492. The molecule has 5 nitrogen and oxygen atoms in total. The van der Waals surface area contributed by atoms with E-state index in [0.717, 1.165) is 13.1 Å². The lowest BCUT2D eigenvalue weighted by molar-refractivity contribution is -0.129. The Bertz CT molecular complexity index is 626. The minimum atomic E-state index is -0.305. The van der Waals surface area contributed by atoms with Crippen LogP contribution in [0, 0.1) is 0 Å². The molecule has 0 N–H and O–H groups in total. The summed E-state index contributed by atoms with van der Waals surface area (Å²) in [4.78, 5) is 29.8. The van der Waals surface area contributed by atoms with Crippen molar-refractivity contribution in [3.05, 3.63) is 41.5 Å². The number of likely N-dealkylation sites (N-methyl/N-ethyl adjacent to an activating group) is 1. The molecule has 2 aliphatic heterocycles. The molecule has 3 rings (SSSR count). The molecule has 1 unspecified atom stereocenters. The largest absolute Gasteiger partial charge is 0.327 e. The summed E-state index contributed by atoms with van der Waals surface area (Å²) in [6.45, 7) is 7.31. The van der Waals surface area contributed by atoms with Crippen LogP contribution in [0.1, 0.15) is 19.4 Å². The Morgan fingerprint density at radius 1 is 1.22 bits per heavy atom. The van der Waals surface area contributed by atoms with E-state index in [2.05, 4.69) is 30.0 Å². The van der Waals surface area contributed by atoms with Crippen molar-refractivity contribution in [1.29, 1.82) is 0 Å². The Morgan fingerprint density at radius 2 is 1.96 bits per heavy atom. The van der Waals surface area contributed by atoms with Gasteiger partial charge in [-0.3, -0.25) is 14.6 Å². The summed E-state index contributed by atoms with van der Waals surface area (Å²) in [5, 5.41) is 0. The number of imide groups is 1. The molecule has 2 heterocycles. The van der Waals surface area contributed by atoms with Crippen LogP contribution in [-0.4, -0.2) is 65.4 Å². The topological polar surface area (TPSA) is 43.9 Å². The third-order valence-corrected chi connectivity index (χ3v) is 4.49. The number of hydrogen-bond donors (Lipinski definition) is 0. The van der Waals surface area contributed by atoms with E-state index >= 15 is 0 Å². The molecule has 0 radical (unpaired) electrons. The molecule has 0 bridgehead atoms. The monoisotopic (exact) mass is 313 g/mol. The van der Waals surface area contributed by atoms with Gasteiger partial charge in [-0.1, -0.05) is 42.0 Å². The zero-order chi connectivity index (χ0) is 16.4. The maximum atomic E-state index is 12.3. The van der Waals surface area contributed by atoms with Crippen LogP contribution in [0.4, 0.5) is 4.79 Å². The maximum Gasteiger partial charge on any atom is 0.327 e. The SMILES string of the molecule is CCN1C(=O)C2CN(C/C(C)=C/c3ccccc3)CCN2C1=O. The lowest BCUT2D eigenvalue weighted by Crippen LogP contribution is -2.53. The molecule has 2 fully saturated rings. The first-order chi connectivity index (χ1) is 11.1. The number of fused-ring (bicyclic) bond motifs is 1. The molecular weight excluding hydrogens is 290 g/mol. The molecule has 0 spiro atoms. The van der Waals surface area contributed by atoms with Crippen molar-refractivity contribution in [3.8, 4) is 0 Å². The summed E-state index contributed by atoms with van der Waals surface area (Å²) in [5.41, 5.74) is 2.45. The molecule has 1 aromatic carbocycles. The van der Waals surface area contributed by atoms with E-state index in [1.807, 2.05) is 25.1 Å². The first-order valence-electron chi connectivity index (χ1n) is 8.16. The Hall–Kier alpha value is -2.14. The number of rotatable bonds is 4. The van der Waals surface area contributed by atoms with Crippen molar-refractivity contribution in [2.45, 2.75) is 19.9 Å². The summed E-state index contributed by atoms with van der Waals surface area (Å²) >= 11 is 0. The summed E-state index contributed by atoms with van der Waals surface area (Å²) in [6, 6.07) is 9.80. The fraction of sp³-hybridized carbons (Fsp3) is 0.444. The van der Waals surface area contributed by atoms with E-state index in [1.54, 1.807) is 4.90 Å². The lowest BCUT2D eigenvalue weighted by Gasteiger charge is -2.35. The van der Waals surface area contributed by atoms with E-state index < -0.39 is 0 Å². The second kappa shape index (κ2) is 6.54. The number of nitrogens with zero attached hydrogens (tertiary/aromatic N) is 3. The number of piperazine rings is 1. The summed E-state index contributed by atoms with van der Waals surface area (Å²) in [7, 11) is 0. The van der Waals surface area contributed by atoms with Gasteiger partial charge in [0.2, 0.25) is 0 Å². The average Bonchev–Trinajstić information content (AvgIpc) is 2.79. The molecule has 1 aromatic rings. The number of benzene rings is 1. The van der Waals surface area contributed by atoms with E-state index in [4.69, 9.17) is 0 Å². The van der Waals surface area contributed by atoms with Gasteiger partial charge >= 0.3 is 6.03 Å². The molecule has 0 aliphatic carbocycles.